The first-order chi connectivity index (χ1) is 11.6. The third kappa shape index (κ3) is 3.85. The fourth-order valence-electron chi connectivity index (χ4n) is 2.69. The Bertz CT molecular complexity index is 732. The van der Waals surface area contributed by atoms with Crippen molar-refractivity contribution in [1.29, 1.82) is 0 Å². The van der Waals surface area contributed by atoms with Crippen LogP contribution >= 0.6 is 0 Å². The third-order valence-electron chi connectivity index (χ3n) is 4.08. The van der Waals surface area contributed by atoms with Crippen LogP contribution in [0.4, 0.5) is 4.39 Å². The molecule has 3 rings (SSSR count). The van der Waals surface area contributed by atoms with E-state index < -0.39 is 0 Å². The molecule has 2 aromatic rings. The van der Waals surface area contributed by atoms with Gasteiger partial charge in [-0.25, -0.2) is 4.39 Å². The second-order valence-corrected chi connectivity index (χ2v) is 5.93. The van der Waals surface area contributed by atoms with Gasteiger partial charge in [-0.2, -0.15) is 0 Å². The summed E-state index contributed by atoms with van der Waals surface area (Å²) >= 11 is 0. The third-order valence-corrected chi connectivity index (χ3v) is 4.08. The number of nitrogens with one attached hydrogen (secondary N) is 1. The van der Waals surface area contributed by atoms with E-state index in [0.29, 0.717) is 24.9 Å². The van der Waals surface area contributed by atoms with Crippen molar-refractivity contribution in [2.24, 2.45) is 5.92 Å². The van der Waals surface area contributed by atoms with Crippen molar-refractivity contribution in [3.8, 4) is 11.5 Å². The second-order valence-electron chi connectivity index (χ2n) is 5.93. The highest BCUT2D eigenvalue weighted by Gasteiger charge is 2.16. The van der Waals surface area contributed by atoms with E-state index in [9.17, 15) is 9.18 Å². The highest BCUT2D eigenvalue weighted by Crippen LogP contribution is 2.32. The van der Waals surface area contributed by atoms with Crippen LogP contribution in [0.15, 0.2) is 42.5 Å². The standard InChI is InChI=1S/C19H20FNO3/c1-13(10-15-4-2-3-5-16(15)20)19(22)21-9-8-14-6-7-17-18(11-14)24-12-23-17/h2-7,11,13H,8-10,12H2,1H3,(H,21,22). The number of hydrogen-bond acceptors (Lipinski definition) is 3. The molecule has 126 valence electrons. The summed E-state index contributed by atoms with van der Waals surface area (Å²) in [5, 5.41) is 2.90. The number of halogens is 1. The highest BCUT2D eigenvalue weighted by atomic mass is 19.1. The molecule has 1 amide bonds. The molecule has 1 atom stereocenters. The molecule has 2 aromatic carbocycles. The highest BCUT2D eigenvalue weighted by molar-refractivity contribution is 5.78. The molecule has 4 nitrogen and oxygen atoms in total. The van der Waals surface area contributed by atoms with Gasteiger partial charge in [0.2, 0.25) is 12.7 Å². The van der Waals surface area contributed by atoms with Crippen molar-refractivity contribution >= 4 is 5.91 Å². The monoisotopic (exact) mass is 329 g/mol. The van der Waals surface area contributed by atoms with Gasteiger partial charge in [-0.05, 0) is 42.2 Å². The van der Waals surface area contributed by atoms with Crippen LogP contribution in [0.3, 0.4) is 0 Å². The number of fused-ring (bicyclic) bond motifs is 1. The lowest BCUT2D eigenvalue weighted by molar-refractivity contribution is -0.124. The molecule has 5 heteroatoms. The van der Waals surface area contributed by atoms with E-state index in [2.05, 4.69) is 5.32 Å². The summed E-state index contributed by atoms with van der Waals surface area (Å²) in [5.41, 5.74) is 1.64. The van der Waals surface area contributed by atoms with Crippen molar-refractivity contribution in [2.45, 2.75) is 19.8 Å². The van der Waals surface area contributed by atoms with Crippen molar-refractivity contribution in [3.63, 3.8) is 0 Å². The maximum absolute atomic E-state index is 13.6. The minimum Gasteiger partial charge on any atom is -0.454 e. The molecule has 1 heterocycles. The number of carbonyl (C=O) groups excluding carboxylic acids is 1. The lowest BCUT2D eigenvalue weighted by Gasteiger charge is -2.13. The summed E-state index contributed by atoms with van der Waals surface area (Å²) < 4.78 is 24.3. The molecule has 0 bridgehead atoms. The van der Waals surface area contributed by atoms with Gasteiger partial charge in [0.1, 0.15) is 5.82 Å². The zero-order chi connectivity index (χ0) is 16.9. The van der Waals surface area contributed by atoms with Gasteiger partial charge < -0.3 is 14.8 Å². The SMILES string of the molecule is CC(Cc1ccccc1F)C(=O)NCCc1ccc2c(c1)OCO2. The molecule has 0 spiro atoms. The second kappa shape index (κ2) is 7.34. The first-order valence-electron chi connectivity index (χ1n) is 8.03. The van der Waals surface area contributed by atoms with Gasteiger partial charge in [-0.15, -0.1) is 0 Å². The lowest BCUT2D eigenvalue weighted by Crippen LogP contribution is -2.32. The molecule has 24 heavy (non-hydrogen) atoms. The van der Waals surface area contributed by atoms with Crippen molar-refractivity contribution in [2.75, 3.05) is 13.3 Å². The maximum atomic E-state index is 13.6. The Kier molecular flexibility index (Phi) is 4.99. The molecule has 1 aliphatic rings. The van der Waals surface area contributed by atoms with E-state index >= 15 is 0 Å². The first-order valence-corrected chi connectivity index (χ1v) is 8.03. The minimum absolute atomic E-state index is 0.0704. The number of rotatable bonds is 6. The topological polar surface area (TPSA) is 47.6 Å². The van der Waals surface area contributed by atoms with Gasteiger partial charge in [0, 0.05) is 12.5 Å². The van der Waals surface area contributed by atoms with Gasteiger partial charge in [-0.3, -0.25) is 4.79 Å². The fourth-order valence-corrected chi connectivity index (χ4v) is 2.69. The summed E-state index contributed by atoms with van der Waals surface area (Å²) in [6.45, 7) is 2.59. The Balaban J connectivity index is 1.47. The summed E-state index contributed by atoms with van der Waals surface area (Å²) in [7, 11) is 0. The fraction of sp³-hybridized carbons (Fsp3) is 0.316. The zero-order valence-corrected chi connectivity index (χ0v) is 13.5. The van der Waals surface area contributed by atoms with Gasteiger partial charge in [0.05, 0.1) is 0 Å². The Morgan fingerprint density at radius 2 is 2.00 bits per heavy atom. The van der Waals surface area contributed by atoms with Crippen LogP contribution in [0, 0.1) is 11.7 Å². The van der Waals surface area contributed by atoms with Crippen molar-refractivity contribution < 1.29 is 18.7 Å². The molecule has 1 N–H and O–H groups in total. The molecule has 0 fully saturated rings. The number of benzene rings is 2. The summed E-state index contributed by atoms with van der Waals surface area (Å²) in [5.74, 6) is 0.878. The summed E-state index contributed by atoms with van der Waals surface area (Å²) in [6, 6.07) is 12.3. The van der Waals surface area contributed by atoms with Crippen LogP contribution < -0.4 is 14.8 Å². The Hall–Kier alpha value is -2.56. The molecular formula is C19H20FNO3. The van der Waals surface area contributed by atoms with Crippen LogP contribution in [0.2, 0.25) is 0 Å². The van der Waals surface area contributed by atoms with Gasteiger partial charge in [-0.1, -0.05) is 31.2 Å². The van der Waals surface area contributed by atoms with Gasteiger partial charge in [0.15, 0.2) is 11.5 Å². The average Bonchev–Trinajstić information content (AvgIpc) is 3.04. The Labute approximate surface area is 140 Å². The van der Waals surface area contributed by atoms with Gasteiger partial charge >= 0.3 is 0 Å². The molecule has 0 radical (unpaired) electrons. The van der Waals surface area contributed by atoms with Crippen LogP contribution in [0.1, 0.15) is 18.1 Å². The molecule has 0 aromatic heterocycles. The van der Waals surface area contributed by atoms with E-state index in [0.717, 1.165) is 17.1 Å². The molecule has 1 unspecified atom stereocenters. The molecule has 0 saturated heterocycles. The quantitative estimate of drug-likeness (QED) is 0.886. The number of carbonyl (C=O) groups is 1. The van der Waals surface area contributed by atoms with Crippen LogP contribution in [-0.4, -0.2) is 19.2 Å². The zero-order valence-electron chi connectivity index (χ0n) is 13.5. The van der Waals surface area contributed by atoms with Crippen molar-refractivity contribution in [3.05, 3.63) is 59.4 Å². The van der Waals surface area contributed by atoms with E-state index in [1.165, 1.54) is 6.07 Å². The predicted octanol–water partition coefficient (Wildman–Crippen LogP) is 3.09. The largest absolute Gasteiger partial charge is 0.454 e. The summed E-state index contributed by atoms with van der Waals surface area (Å²) in [4.78, 5) is 12.2. The van der Waals surface area contributed by atoms with Crippen LogP contribution in [-0.2, 0) is 17.6 Å². The number of amides is 1. The van der Waals surface area contributed by atoms with E-state index in [1.54, 1.807) is 18.2 Å². The smallest absolute Gasteiger partial charge is 0.231 e. The number of ether oxygens (including phenoxy) is 2. The average molecular weight is 329 g/mol. The Morgan fingerprint density at radius 3 is 2.83 bits per heavy atom. The normalized spacial score (nSPS) is 13.6. The van der Waals surface area contributed by atoms with E-state index in [4.69, 9.17) is 9.47 Å². The molecular weight excluding hydrogens is 309 g/mol. The number of hydrogen-bond donors (Lipinski definition) is 1. The van der Waals surface area contributed by atoms with Crippen LogP contribution in [0.25, 0.3) is 0 Å². The summed E-state index contributed by atoms with van der Waals surface area (Å²) in [6.07, 6.45) is 1.09. The Morgan fingerprint density at radius 1 is 1.21 bits per heavy atom. The van der Waals surface area contributed by atoms with E-state index in [1.807, 2.05) is 25.1 Å². The maximum Gasteiger partial charge on any atom is 0.231 e. The molecule has 0 saturated carbocycles. The lowest BCUT2D eigenvalue weighted by atomic mass is 10.00. The van der Waals surface area contributed by atoms with Crippen molar-refractivity contribution in [1.82, 2.24) is 5.32 Å². The van der Waals surface area contributed by atoms with Crippen LogP contribution in [0.5, 0.6) is 11.5 Å². The van der Waals surface area contributed by atoms with E-state index in [-0.39, 0.29) is 24.4 Å². The molecule has 1 aliphatic heterocycles. The minimum atomic E-state index is -0.279. The van der Waals surface area contributed by atoms with Gasteiger partial charge in [0.25, 0.3) is 0 Å². The predicted molar refractivity (Wildman–Crippen MR) is 88.5 cm³/mol. The first kappa shape index (κ1) is 16.3. The molecule has 0 aliphatic carbocycles.